The molecule has 0 spiro atoms. The van der Waals surface area contributed by atoms with E-state index in [1.165, 1.54) is 0 Å². The maximum absolute atomic E-state index is 2.51. The van der Waals surface area contributed by atoms with Gasteiger partial charge in [-0.15, -0.1) is 0 Å². The molecule has 0 fully saturated rings. The van der Waals surface area contributed by atoms with E-state index >= 15 is 0 Å². The van der Waals surface area contributed by atoms with Crippen molar-refractivity contribution in [2.24, 2.45) is 17.8 Å². The first-order chi connectivity index (χ1) is 8.34. The minimum absolute atomic E-state index is 0.653. The molecule has 0 N–H and O–H groups in total. The van der Waals surface area contributed by atoms with Crippen molar-refractivity contribution < 1.29 is 0 Å². The summed E-state index contributed by atoms with van der Waals surface area (Å²) in [7, 11) is 0. The summed E-state index contributed by atoms with van der Waals surface area (Å²) in [4.78, 5) is 0.892. The van der Waals surface area contributed by atoms with Crippen LogP contribution in [0.1, 0.15) is 18.4 Å². The second kappa shape index (κ2) is 3.60. The van der Waals surface area contributed by atoms with E-state index in [4.69, 9.17) is 0 Å². The molecule has 0 saturated heterocycles. The molecule has 17 heavy (non-hydrogen) atoms. The zero-order chi connectivity index (χ0) is 11.4. The molecule has 5 unspecified atom stereocenters. The standard InChI is InChI=1S/C16H16Se/c1-10-6-7-11-8-9-13-15(10)12-4-2-3-5-14(12)17-16(11)13/h2-11,13,15-16H,1H3. The Labute approximate surface area is 109 Å². The fourth-order valence-corrected chi connectivity index (χ4v) is 6.91. The average molecular weight is 287 g/mol. The molecule has 3 aliphatic rings. The van der Waals surface area contributed by atoms with Crippen molar-refractivity contribution in [3.8, 4) is 0 Å². The second-order valence-electron chi connectivity index (χ2n) is 5.43. The number of hydrogen-bond acceptors (Lipinski definition) is 0. The predicted octanol–water partition coefficient (Wildman–Crippen LogP) is 2.91. The van der Waals surface area contributed by atoms with Gasteiger partial charge in [-0.2, -0.15) is 0 Å². The van der Waals surface area contributed by atoms with Crippen LogP contribution in [-0.4, -0.2) is 15.0 Å². The molecule has 0 amide bonds. The molecule has 1 aromatic carbocycles. The van der Waals surface area contributed by atoms with Gasteiger partial charge in [-0.25, -0.2) is 0 Å². The van der Waals surface area contributed by atoms with E-state index in [2.05, 4.69) is 55.5 Å². The normalized spacial score (nSPS) is 41.1. The van der Waals surface area contributed by atoms with Gasteiger partial charge in [0.2, 0.25) is 0 Å². The van der Waals surface area contributed by atoms with Gasteiger partial charge in [-0.1, -0.05) is 0 Å². The minimum atomic E-state index is 0.653. The van der Waals surface area contributed by atoms with E-state index in [1.807, 2.05) is 0 Å². The molecule has 5 atom stereocenters. The van der Waals surface area contributed by atoms with Crippen LogP contribution < -0.4 is 4.46 Å². The Balaban J connectivity index is 1.93. The van der Waals surface area contributed by atoms with Crippen molar-refractivity contribution in [2.75, 3.05) is 0 Å². The monoisotopic (exact) mass is 288 g/mol. The van der Waals surface area contributed by atoms with Gasteiger partial charge in [0.15, 0.2) is 0 Å². The van der Waals surface area contributed by atoms with Gasteiger partial charge in [0.1, 0.15) is 0 Å². The number of allylic oxidation sites excluding steroid dienone is 4. The van der Waals surface area contributed by atoms with Gasteiger partial charge in [0.05, 0.1) is 0 Å². The molecule has 4 bridgehead atoms. The molecular formula is C16H16Se. The Morgan fingerprint density at radius 1 is 1.00 bits per heavy atom. The first kappa shape index (κ1) is 10.2. The van der Waals surface area contributed by atoms with Crippen LogP contribution in [-0.2, 0) is 0 Å². The summed E-state index contributed by atoms with van der Waals surface area (Å²) in [6, 6.07) is 9.17. The van der Waals surface area contributed by atoms with Crippen LogP contribution in [0.4, 0.5) is 0 Å². The Kier molecular flexibility index (Phi) is 2.16. The molecule has 0 nitrogen and oxygen atoms in total. The third kappa shape index (κ3) is 1.36. The van der Waals surface area contributed by atoms with E-state index in [9.17, 15) is 0 Å². The fraction of sp³-hybridized carbons (Fsp3) is 0.375. The van der Waals surface area contributed by atoms with Crippen molar-refractivity contribution in [1.29, 1.82) is 0 Å². The van der Waals surface area contributed by atoms with Gasteiger partial charge in [0.25, 0.3) is 0 Å². The summed E-state index contributed by atoms with van der Waals surface area (Å²) in [5, 5.41) is 0. The van der Waals surface area contributed by atoms with Gasteiger partial charge < -0.3 is 0 Å². The molecule has 1 aliphatic heterocycles. The van der Waals surface area contributed by atoms with Crippen LogP contribution in [0.5, 0.6) is 0 Å². The van der Waals surface area contributed by atoms with Gasteiger partial charge >= 0.3 is 109 Å². The fourth-order valence-electron chi connectivity index (χ4n) is 3.66. The van der Waals surface area contributed by atoms with E-state index in [1.54, 1.807) is 10.0 Å². The molecule has 1 heteroatoms. The Bertz CT molecular complexity index is 514. The van der Waals surface area contributed by atoms with Gasteiger partial charge in [-0.3, -0.25) is 0 Å². The summed E-state index contributed by atoms with van der Waals surface area (Å²) in [5.74, 6) is 2.95. The van der Waals surface area contributed by atoms with Crippen LogP contribution in [0.2, 0.25) is 4.82 Å². The zero-order valence-corrected chi connectivity index (χ0v) is 11.6. The summed E-state index contributed by atoms with van der Waals surface area (Å²) in [6.07, 6.45) is 9.90. The molecule has 2 aliphatic carbocycles. The van der Waals surface area contributed by atoms with Crippen molar-refractivity contribution in [3.63, 3.8) is 0 Å². The maximum atomic E-state index is 2.51. The van der Waals surface area contributed by atoms with Gasteiger partial charge in [-0.05, 0) is 0 Å². The predicted molar refractivity (Wildman–Crippen MR) is 72.7 cm³/mol. The Morgan fingerprint density at radius 3 is 2.76 bits per heavy atom. The van der Waals surface area contributed by atoms with Crippen LogP contribution in [0.25, 0.3) is 0 Å². The van der Waals surface area contributed by atoms with Crippen molar-refractivity contribution in [3.05, 3.63) is 54.1 Å². The molecule has 86 valence electrons. The molecule has 0 aromatic heterocycles. The van der Waals surface area contributed by atoms with Crippen molar-refractivity contribution in [1.82, 2.24) is 0 Å². The Hall–Kier alpha value is -0.781. The summed E-state index contributed by atoms with van der Waals surface area (Å²) < 4.78 is 1.66. The molecule has 1 heterocycles. The third-order valence-corrected chi connectivity index (χ3v) is 7.68. The topological polar surface area (TPSA) is 0 Å². The van der Waals surface area contributed by atoms with Crippen LogP contribution in [0.3, 0.4) is 0 Å². The number of rotatable bonds is 0. The molecule has 0 saturated carbocycles. The van der Waals surface area contributed by atoms with Gasteiger partial charge in [0, 0.05) is 0 Å². The molecular weight excluding hydrogens is 271 g/mol. The number of benzene rings is 1. The van der Waals surface area contributed by atoms with Crippen LogP contribution in [0, 0.1) is 17.8 Å². The molecule has 1 aromatic rings. The molecule has 4 rings (SSSR count). The quantitative estimate of drug-likeness (QED) is 0.508. The van der Waals surface area contributed by atoms with E-state index < -0.39 is 0 Å². The first-order valence-corrected chi connectivity index (χ1v) is 8.31. The summed E-state index contributed by atoms with van der Waals surface area (Å²) >= 11 is 0.653. The average Bonchev–Trinajstić information content (AvgIpc) is 2.70. The van der Waals surface area contributed by atoms with Crippen LogP contribution >= 0.6 is 0 Å². The summed E-state index contributed by atoms with van der Waals surface area (Å²) in [6.45, 7) is 2.39. The molecule has 0 radical (unpaired) electrons. The van der Waals surface area contributed by atoms with E-state index in [0.29, 0.717) is 20.9 Å². The zero-order valence-electron chi connectivity index (χ0n) is 9.91. The van der Waals surface area contributed by atoms with E-state index in [-0.39, 0.29) is 0 Å². The van der Waals surface area contributed by atoms with E-state index in [0.717, 1.165) is 22.6 Å². The van der Waals surface area contributed by atoms with Crippen molar-refractivity contribution >= 4 is 19.4 Å². The SMILES string of the molecule is CC1C=CC2C=CC3C2[Se]c2ccccc2C13. The summed E-state index contributed by atoms with van der Waals surface area (Å²) in [5.41, 5.74) is 1.64. The van der Waals surface area contributed by atoms with Crippen molar-refractivity contribution in [2.45, 2.75) is 17.7 Å². The third-order valence-electron chi connectivity index (χ3n) is 4.47. The number of fused-ring (bicyclic) bond motifs is 2. The Morgan fingerprint density at radius 2 is 1.82 bits per heavy atom. The number of hydrogen-bond donors (Lipinski definition) is 0. The first-order valence-electron chi connectivity index (χ1n) is 6.47. The second-order valence-corrected chi connectivity index (χ2v) is 7.99. The van der Waals surface area contributed by atoms with Crippen LogP contribution in [0.15, 0.2) is 48.6 Å².